The molecular weight excluding hydrogens is 320 g/mol. The lowest BCUT2D eigenvalue weighted by Gasteiger charge is -2.25. The third-order valence-electron chi connectivity index (χ3n) is 3.70. The van der Waals surface area contributed by atoms with E-state index in [1.165, 1.54) is 0 Å². The van der Waals surface area contributed by atoms with E-state index in [4.69, 9.17) is 15.2 Å². The number of nitrogens with one attached hydrogen (secondary N) is 1. The molecule has 0 saturated carbocycles. The van der Waals surface area contributed by atoms with Crippen LogP contribution < -0.4 is 20.5 Å². The number of nitrogens with two attached hydrogens (primary N) is 1. The van der Waals surface area contributed by atoms with Crippen LogP contribution in [0.15, 0.2) is 28.8 Å². The molecule has 3 rings (SSSR count). The SMILES string of the molecule is NCC(NC1CC=CC1)c1cc(Br)c2c(c1)OCCO2. The lowest BCUT2D eigenvalue weighted by atomic mass is 10.0. The van der Waals surface area contributed by atoms with Crippen LogP contribution in [0.25, 0.3) is 0 Å². The van der Waals surface area contributed by atoms with E-state index in [0.717, 1.165) is 34.4 Å². The molecule has 0 spiro atoms. The first kappa shape index (κ1) is 13.9. The fraction of sp³-hybridized carbons (Fsp3) is 0.467. The molecule has 108 valence electrons. The highest BCUT2D eigenvalue weighted by atomic mass is 79.9. The van der Waals surface area contributed by atoms with Gasteiger partial charge in [0.05, 0.1) is 4.47 Å². The Morgan fingerprint density at radius 2 is 2.00 bits per heavy atom. The van der Waals surface area contributed by atoms with Crippen LogP contribution in [0.2, 0.25) is 0 Å². The van der Waals surface area contributed by atoms with Gasteiger partial charge in [-0.15, -0.1) is 0 Å². The summed E-state index contributed by atoms with van der Waals surface area (Å²) in [6.45, 7) is 1.75. The van der Waals surface area contributed by atoms with Crippen LogP contribution in [-0.4, -0.2) is 25.8 Å². The lowest BCUT2D eigenvalue weighted by molar-refractivity contribution is 0.170. The Kier molecular flexibility index (Phi) is 4.29. The third kappa shape index (κ3) is 2.85. The van der Waals surface area contributed by atoms with Crippen LogP contribution in [0, 0.1) is 0 Å². The molecule has 3 N–H and O–H groups in total. The summed E-state index contributed by atoms with van der Waals surface area (Å²) in [4.78, 5) is 0. The second-order valence-electron chi connectivity index (χ2n) is 5.12. The van der Waals surface area contributed by atoms with Crippen LogP contribution in [0.5, 0.6) is 11.5 Å². The third-order valence-corrected chi connectivity index (χ3v) is 4.29. The standard InChI is InChI=1S/C15H19BrN2O2/c16-12-7-10(8-14-15(12)20-6-5-19-14)13(9-17)18-11-3-1-2-4-11/h1-2,7-8,11,13,18H,3-6,9,17H2. The van der Waals surface area contributed by atoms with Gasteiger partial charge in [0.15, 0.2) is 11.5 Å². The molecule has 1 aromatic rings. The number of hydrogen-bond acceptors (Lipinski definition) is 4. The van der Waals surface area contributed by atoms with Gasteiger partial charge in [0.1, 0.15) is 13.2 Å². The van der Waals surface area contributed by atoms with Crippen molar-refractivity contribution in [3.8, 4) is 11.5 Å². The fourth-order valence-corrected chi connectivity index (χ4v) is 3.24. The molecule has 4 nitrogen and oxygen atoms in total. The smallest absolute Gasteiger partial charge is 0.175 e. The minimum Gasteiger partial charge on any atom is -0.486 e. The van der Waals surface area contributed by atoms with E-state index in [1.807, 2.05) is 6.07 Å². The van der Waals surface area contributed by atoms with Crippen molar-refractivity contribution in [1.29, 1.82) is 0 Å². The van der Waals surface area contributed by atoms with Gasteiger partial charge in [-0.2, -0.15) is 0 Å². The molecule has 1 aromatic carbocycles. The minimum absolute atomic E-state index is 0.132. The van der Waals surface area contributed by atoms with Gasteiger partial charge in [-0.3, -0.25) is 0 Å². The number of fused-ring (bicyclic) bond motifs is 1. The molecule has 1 aliphatic carbocycles. The summed E-state index contributed by atoms with van der Waals surface area (Å²) in [5.41, 5.74) is 7.07. The van der Waals surface area contributed by atoms with E-state index in [2.05, 4.69) is 39.5 Å². The number of rotatable bonds is 4. The minimum atomic E-state index is 0.132. The van der Waals surface area contributed by atoms with Crippen molar-refractivity contribution in [3.63, 3.8) is 0 Å². The first-order valence-corrected chi connectivity index (χ1v) is 7.77. The highest BCUT2D eigenvalue weighted by molar-refractivity contribution is 9.10. The van der Waals surface area contributed by atoms with E-state index in [1.54, 1.807) is 0 Å². The Bertz CT molecular complexity index is 511. The Balaban J connectivity index is 1.81. The normalized spacial score (nSPS) is 19.3. The first-order valence-electron chi connectivity index (χ1n) is 6.98. The molecule has 20 heavy (non-hydrogen) atoms. The van der Waals surface area contributed by atoms with Gasteiger partial charge in [0.2, 0.25) is 0 Å². The van der Waals surface area contributed by atoms with Crippen molar-refractivity contribution < 1.29 is 9.47 Å². The van der Waals surface area contributed by atoms with E-state index in [9.17, 15) is 0 Å². The molecular formula is C15H19BrN2O2. The van der Waals surface area contributed by atoms with Crippen molar-refractivity contribution in [2.45, 2.75) is 24.9 Å². The van der Waals surface area contributed by atoms with Crippen LogP contribution in [-0.2, 0) is 0 Å². The molecule has 2 aliphatic rings. The second kappa shape index (κ2) is 6.16. The molecule has 0 amide bonds. The monoisotopic (exact) mass is 338 g/mol. The fourth-order valence-electron chi connectivity index (χ4n) is 2.67. The van der Waals surface area contributed by atoms with Crippen LogP contribution in [0.1, 0.15) is 24.4 Å². The maximum Gasteiger partial charge on any atom is 0.175 e. The molecule has 0 bridgehead atoms. The zero-order chi connectivity index (χ0) is 13.9. The topological polar surface area (TPSA) is 56.5 Å². The summed E-state index contributed by atoms with van der Waals surface area (Å²) in [6.07, 6.45) is 6.57. The summed E-state index contributed by atoms with van der Waals surface area (Å²) in [6, 6.07) is 4.72. The van der Waals surface area contributed by atoms with E-state index in [0.29, 0.717) is 25.8 Å². The largest absolute Gasteiger partial charge is 0.486 e. The quantitative estimate of drug-likeness (QED) is 0.828. The second-order valence-corrected chi connectivity index (χ2v) is 5.98. The molecule has 0 aromatic heterocycles. The predicted octanol–water partition coefficient (Wildman–Crippen LogP) is 2.53. The van der Waals surface area contributed by atoms with Gasteiger partial charge in [-0.25, -0.2) is 0 Å². The van der Waals surface area contributed by atoms with Gasteiger partial charge in [-0.05, 0) is 46.5 Å². The van der Waals surface area contributed by atoms with E-state index >= 15 is 0 Å². The molecule has 0 saturated heterocycles. The van der Waals surface area contributed by atoms with Gasteiger partial charge in [-0.1, -0.05) is 12.2 Å². The first-order chi connectivity index (χ1) is 9.78. The number of ether oxygens (including phenoxy) is 2. The highest BCUT2D eigenvalue weighted by Gasteiger charge is 2.21. The molecule has 1 atom stereocenters. The highest BCUT2D eigenvalue weighted by Crippen LogP contribution is 2.39. The Hall–Kier alpha value is -1.04. The van der Waals surface area contributed by atoms with Crippen molar-refractivity contribution in [2.75, 3.05) is 19.8 Å². The van der Waals surface area contributed by atoms with Crippen LogP contribution in [0.4, 0.5) is 0 Å². The number of halogens is 1. The zero-order valence-corrected chi connectivity index (χ0v) is 12.9. The maximum atomic E-state index is 5.94. The predicted molar refractivity (Wildman–Crippen MR) is 82.2 cm³/mol. The van der Waals surface area contributed by atoms with Crippen molar-refractivity contribution in [3.05, 3.63) is 34.3 Å². The molecule has 0 radical (unpaired) electrons. The maximum absolute atomic E-state index is 5.94. The molecule has 0 fully saturated rings. The van der Waals surface area contributed by atoms with E-state index < -0.39 is 0 Å². The van der Waals surface area contributed by atoms with E-state index in [-0.39, 0.29) is 6.04 Å². The van der Waals surface area contributed by atoms with Gasteiger partial charge < -0.3 is 20.5 Å². The summed E-state index contributed by atoms with van der Waals surface area (Å²) < 4.78 is 12.2. The average Bonchev–Trinajstić information content (AvgIpc) is 2.97. The van der Waals surface area contributed by atoms with Crippen molar-refractivity contribution in [1.82, 2.24) is 5.32 Å². The Morgan fingerprint density at radius 1 is 1.25 bits per heavy atom. The van der Waals surface area contributed by atoms with Gasteiger partial charge in [0, 0.05) is 18.6 Å². The Labute approximate surface area is 127 Å². The lowest BCUT2D eigenvalue weighted by Crippen LogP contribution is -2.35. The van der Waals surface area contributed by atoms with Crippen molar-refractivity contribution >= 4 is 15.9 Å². The molecule has 1 unspecified atom stereocenters. The molecule has 1 heterocycles. The molecule has 1 aliphatic heterocycles. The van der Waals surface area contributed by atoms with Gasteiger partial charge >= 0.3 is 0 Å². The van der Waals surface area contributed by atoms with Crippen LogP contribution in [0.3, 0.4) is 0 Å². The number of benzene rings is 1. The summed E-state index contributed by atoms with van der Waals surface area (Å²) in [7, 11) is 0. The average molecular weight is 339 g/mol. The summed E-state index contributed by atoms with van der Waals surface area (Å²) in [5.74, 6) is 1.59. The van der Waals surface area contributed by atoms with Crippen LogP contribution >= 0.6 is 15.9 Å². The Morgan fingerprint density at radius 3 is 2.75 bits per heavy atom. The van der Waals surface area contributed by atoms with Gasteiger partial charge in [0.25, 0.3) is 0 Å². The summed E-state index contributed by atoms with van der Waals surface area (Å²) in [5, 5.41) is 3.61. The summed E-state index contributed by atoms with van der Waals surface area (Å²) >= 11 is 3.56. The zero-order valence-electron chi connectivity index (χ0n) is 11.3. The van der Waals surface area contributed by atoms with Crippen molar-refractivity contribution in [2.24, 2.45) is 5.73 Å². The number of hydrogen-bond donors (Lipinski definition) is 2. The molecule has 5 heteroatoms.